The van der Waals surface area contributed by atoms with E-state index in [1.54, 1.807) is 4.57 Å². The Bertz CT molecular complexity index is 867. The molecule has 6 heteroatoms. The molecule has 0 aliphatic heterocycles. The predicted molar refractivity (Wildman–Crippen MR) is 105 cm³/mol. The first-order chi connectivity index (χ1) is 12.6. The number of benzene rings is 1. The fourth-order valence-corrected chi connectivity index (χ4v) is 4.56. The molecule has 1 heterocycles. The minimum Gasteiger partial charge on any atom is -0.353 e. The third-order valence-corrected chi connectivity index (χ3v) is 6.35. The van der Waals surface area contributed by atoms with E-state index in [4.69, 9.17) is 0 Å². The van der Waals surface area contributed by atoms with Crippen LogP contribution in [0.4, 0.5) is 0 Å². The highest BCUT2D eigenvalue weighted by molar-refractivity contribution is 7.99. The molecule has 1 aromatic heterocycles. The van der Waals surface area contributed by atoms with Crippen molar-refractivity contribution in [2.45, 2.75) is 62.7 Å². The quantitative estimate of drug-likeness (QED) is 0.645. The van der Waals surface area contributed by atoms with E-state index in [1.165, 1.54) is 24.6 Å². The van der Waals surface area contributed by atoms with Gasteiger partial charge in [0.1, 0.15) is 0 Å². The Morgan fingerprint density at radius 3 is 2.65 bits per heavy atom. The maximum Gasteiger partial charge on any atom is 0.262 e. The van der Waals surface area contributed by atoms with Gasteiger partial charge in [-0.15, -0.1) is 0 Å². The second kappa shape index (κ2) is 7.43. The molecule has 1 aromatic carbocycles. The third kappa shape index (κ3) is 3.80. The number of carbonyl (C=O) groups excluding carboxylic acids is 1. The van der Waals surface area contributed by atoms with Crippen molar-refractivity contribution in [1.82, 2.24) is 14.9 Å². The first-order valence-electron chi connectivity index (χ1n) is 9.55. The Hall–Kier alpha value is -1.82. The van der Waals surface area contributed by atoms with Crippen molar-refractivity contribution < 1.29 is 4.79 Å². The van der Waals surface area contributed by atoms with E-state index in [2.05, 4.69) is 17.2 Å². The zero-order chi connectivity index (χ0) is 18.1. The summed E-state index contributed by atoms with van der Waals surface area (Å²) in [5, 5.41) is 4.48. The van der Waals surface area contributed by atoms with Crippen LogP contribution in [0, 0.1) is 5.92 Å². The van der Waals surface area contributed by atoms with E-state index < -0.39 is 0 Å². The molecule has 0 radical (unpaired) electrons. The fraction of sp³-hybridized carbons (Fsp3) is 0.550. The van der Waals surface area contributed by atoms with Crippen LogP contribution in [-0.4, -0.2) is 27.3 Å². The topological polar surface area (TPSA) is 64.0 Å². The molecule has 138 valence electrons. The Kier molecular flexibility index (Phi) is 5.02. The van der Waals surface area contributed by atoms with E-state index in [9.17, 15) is 9.59 Å². The summed E-state index contributed by atoms with van der Waals surface area (Å²) >= 11 is 1.38. The summed E-state index contributed by atoms with van der Waals surface area (Å²) in [6, 6.07) is 7.99. The number of nitrogens with zero attached hydrogens (tertiary/aromatic N) is 2. The van der Waals surface area contributed by atoms with E-state index in [1.807, 2.05) is 24.3 Å². The molecule has 2 aromatic rings. The molecular formula is C20H25N3O2S. The number of nitrogens with one attached hydrogen (secondary N) is 1. The van der Waals surface area contributed by atoms with Crippen LogP contribution in [0.25, 0.3) is 10.9 Å². The van der Waals surface area contributed by atoms with Crippen molar-refractivity contribution in [1.29, 1.82) is 0 Å². The number of hydrogen-bond donors (Lipinski definition) is 1. The Labute approximate surface area is 157 Å². The second-order valence-electron chi connectivity index (χ2n) is 7.63. The van der Waals surface area contributed by atoms with Gasteiger partial charge < -0.3 is 5.32 Å². The standard InChI is InChI=1S/C20H25N3O2S/c1-13-6-8-14(9-7-13)21-18(24)12-26-20-22-17-5-3-2-4-16(17)19(25)23(20)15-10-11-15/h2-5,13-15H,6-12H2,1H3,(H,21,24). The molecular weight excluding hydrogens is 346 g/mol. The van der Waals surface area contributed by atoms with Gasteiger partial charge in [0.2, 0.25) is 5.91 Å². The van der Waals surface area contributed by atoms with Gasteiger partial charge >= 0.3 is 0 Å². The SMILES string of the molecule is CC1CCC(NC(=O)CSc2nc3ccccc3c(=O)n2C2CC2)CC1. The lowest BCUT2D eigenvalue weighted by atomic mass is 9.87. The molecule has 0 unspecified atom stereocenters. The van der Waals surface area contributed by atoms with Crippen LogP contribution in [0.5, 0.6) is 0 Å². The number of para-hydroxylation sites is 1. The molecule has 26 heavy (non-hydrogen) atoms. The van der Waals surface area contributed by atoms with Crippen LogP contribution in [-0.2, 0) is 4.79 Å². The highest BCUT2D eigenvalue weighted by atomic mass is 32.2. The van der Waals surface area contributed by atoms with Crippen molar-refractivity contribution in [2.75, 3.05) is 5.75 Å². The van der Waals surface area contributed by atoms with Crippen LogP contribution in [0.3, 0.4) is 0 Å². The molecule has 0 spiro atoms. The van der Waals surface area contributed by atoms with E-state index in [-0.39, 0.29) is 17.5 Å². The number of hydrogen-bond acceptors (Lipinski definition) is 4. The van der Waals surface area contributed by atoms with Crippen LogP contribution in [0.15, 0.2) is 34.2 Å². The molecule has 0 saturated heterocycles. The van der Waals surface area contributed by atoms with Gasteiger partial charge in [0.15, 0.2) is 5.16 Å². The van der Waals surface area contributed by atoms with Crippen molar-refractivity contribution in [2.24, 2.45) is 5.92 Å². The maximum absolute atomic E-state index is 12.8. The van der Waals surface area contributed by atoms with Crippen molar-refractivity contribution in [3.8, 4) is 0 Å². The minimum atomic E-state index is 0.0160. The summed E-state index contributed by atoms with van der Waals surface area (Å²) in [5.41, 5.74) is 0.723. The molecule has 5 nitrogen and oxygen atoms in total. The first kappa shape index (κ1) is 17.6. The van der Waals surface area contributed by atoms with Gasteiger partial charge in [0.05, 0.1) is 16.7 Å². The summed E-state index contributed by atoms with van der Waals surface area (Å²) in [6.45, 7) is 2.27. The summed E-state index contributed by atoms with van der Waals surface area (Å²) in [5.74, 6) is 1.12. The molecule has 1 N–H and O–H groups in total. The molecule has 2 aliphatic carbocycles. The number of thioether (sulfide) groups is 1. The number of amides is 1. The van der Waals surface area contributed by atoms with Gasteiger partial charge in [-0.3, -0.25) is 14.2 Å². The van der Waals surface area contributed by atoms with Crippen molar-refractivity contribution in [3.63, 3.8) is 0 Å². The first-order valence-corrected chi connectivity index (χ1v) is 10.5. The maximum atomic E-state index is 12.8. The van der Waals surface area contributed by atoms with Gasteiger partial charge in [0.25, 0.3) is 5.56 Å². The fourth-order valence-electron chi connectivity index (χ4n) is 3.69. The van der Waals surface area contributed by atoms with Crippen LogP contribution in [0.1, 0.15) is 51.5 Å². The van der Waals surface area contributed by atoms with Gasteiger partial charge in [-0.05, 0) is 56.6 Å². The van der Waals surface area contributed by atoms with Gasteiger partial charge in [0, 0.05) is 12.1 Å². The summed E-state index contributed by atoms with van der Waals surface area (Å²) in [6.07, 6.45) is 6.54. The molecule has 2 saturated carbocycles. The van der Waals surface area contributed by atoms with Crippen molar-refractivity contribution >= 4 is 28.6 Å². The van der Waals surface area contributed by atoms with Crippen LogP contribution < -0.4 is 10.9 Å². The zero-order valence-electron chi connectivity index (χ0n) is 15.1. The molecule has 1 amide bonds. The summed E-state index contributed by atoms with van der Waals surface area (Å²) in [4.78, 5) is 29.9. The monoisotopic (exact) mass is 371 g/mol. The molecule has 4 rings (SSSR count). The molecule has 0 bridgehead atoms. The van der Waals surface area contributed by atoms with Gasteiger partial charge in [-0.25, -0.2) is 4.98 Å². The average molecular weight is 372 g/mol. The molecule has 2 aliphatic rings. The summed E-state index contributed by atoms with van der Waals surface area (Å²) in [7, 11) is 0. The number of fused-ring (bicyclic) bond motifs is 1. The zero-order valence-corrected chi connectivity index (χ0v) is 15.9. The van der Waals surface area contributed by atoms with E-state index in [0.717, 1.165) is 31.6 Å². The highest BCUT2D eigenvalue weighted by Gasteiger charge is 2.29. The Morgan fingerprint density at radius 2 is 1.92 bits per heavy atom. The van der Waals surface area contributed by atoms with E-state index >= 15 is 0 Å². The predicted octanol–water partition coefficient (Wildman–Crippen LogP) is 3.52. The molecule has 0 atom stereocenters. The van der Waals surface area contributed by atoms with Crippen LogP contribution >= 0.6 is 11.8 Å². The second-order valence-corrected chi connectivity index (χ2v) is 8.57. The highest BCUT2D eigenvalue weighted by Crippen LogP contribution is 2.36. The lowest BCUT2D eigenvalue weighted by Gasteiger charge is -2.26. The normalized spacial score (nSPS) is 23.1. The minimum absolute atomic E-state index is 0.0160. The van der Waals surface area contributed by atoms with E-state index in [0.29, 0.717) is 27.9 Å². The Balaban J connectivity index is 1.47. The number of carbonyl (C=O) groups is 1. The molecule has 2 fully saturated rings. The number of aromatic nitrogens is 2. The lowest BCUT2D eigenvalue weighted by Crippen LogP contribution is -2.38. The number of rotatable bonds is 5. The summed E-state index contributed by atoms with van der Waals surface area (Å²) < 4.78 is 1.79. The van der Waals surface area contributed by atoms with Crippen molar-refractivity contribution in [3.05, 3.63) is 34.6 Å². The third-order valence-electron chi connectivity index (χ3n) is 5.40. The Morgan fingerprint density at radius 1 is 1.19 bits per heavy atom. The largest absolute Gasteiger partial charge is 0.353 e. The van der Waals surface area contributed by atoms with Gasteiger partial charge in [-0.1, -0.05) is 30.8 Å². The van der Waals surface area contributed by atoms with Gasteiger partial charge in [-0.2, -0.15) is 0 Å². The van der Waals surface area contributed by atoms with Crippen LogP contribution in [0.2, 0.25) is 0 Å². The lowest BCUT2D eigenvalue weighted by molar-refractivity contribution is -0.119. The smallest absolute Gasteiger partial charge is 0.262 e. The average Bonchev–Trinajstić information content (AvgIpc) is 3.47.